The van der Waals surface area contributed by atoms with E-state index in [1.807, 2.05) is 6.92 Å². The fourth-order valence-electron chi connectivity index (χ4n) is 3.64. The van der Waals surface area contributed by atoms with Crippen molar-refractivity contribution in [3.05, 3.63) is 58.6 Å². The molecule has 0 spiro atoms. The highest BCUT2D eigenvalue weighted by molar-refractivity contribution is 7.89. The molecular weight excluding hydrogens is 434 g/mol. The monoisotopic (exact) mass is 456 g/mol. The van der Waals surface area contributed by atoms with E-state index in [0.717, 1.165) is 43.5 Å². The van der Waals surface area contributed by atoms with Gasteiger partial charge in [0.1, 0.15) is 11.6 Å². The Bertz CT molecular complexity index is 1060. The van der Waals surface area contributed by atoms with Crippen molar-refractivity contribution in [1.29, 1.82) is 0 Å². The highest BCUT2D eigenvalue weighted by Gasteiger charge is 2.31. The molecule has 2 aromatic carbocycles. The first-order valence-electron chi connectivity index (χ1n) is 9.67. The van der Waals surface area contributed by atoms with Gasteiger partial charge in [0.25, 0.3) is 5.91 Å². The van der Waals surface area contributed by atoms with Gasteiger partial charge in [-0.05, 0) is 54.7 Å². The number of hydrogen-bond acceptors (Lipinski definition) is 3. The molecule has 0 radical (unpaired) electrons. The number of carbonyl (C=O) groups is 1. The van der Waals surface area contributed by atoms with Crippen molar-refractivity contribution in [2.75, 3.05) is 5.32 Å². The first kappa shape index (κ1) is 22.7. The Morgan fingerprint density at radius 1 is 1.07 bits per heavy atom. The number of sulfonamides is 1. The van der Waals surface area contributed by atoms with Crippen LogP contribution in [0.25, 0.3) is 0 Å². The molecular formula is C21H23ClF2N2O3S. The van der Waals surface area contributed by atoms with Gasteiger partial charge in [-0.25, -0.2) is 21.9 Å². The highest BCUT2D eigenvalue weighted by Crippen LogP contribution is 2.30. The molecule has 3 atom stereocenters. The van der Waals surface area contributed by atoms with Gasteiger partial charge in [0.2, 0.25) is 10.0 Å². The molecule has 1 fully saturated rings. The fraction of sp³-hybridized carbons (Fsp3) is 0.381. The van der Waals surface area contributed by atoms with E-state index in [2.05, 4.69) is 17.0 Å². The summed E-state index contributed by atoms with van der Waals surface area (Å²) in [5.74, 6) is -2.13. The van der Waals surface area contributed by atoms with Crippen molar-refractivity contribution in [2.24, 2.45) is 11.8 Å². The van der Waals surface area contributed by atoms with Gasteiger partial charge in [0.05, 0.1) is 16.1 Å². The number of halogens is 3. The zero-order chi connectivity index (χ0) is 22.1. The smallest absolute Gasteiger partial charge is 0.258 e. The average molecular weight is 457 g/mol. The van der Waals surface area contributed by atoms with Crippen LogP contribution in [-0.2, 0) is 10.0 Å². The minimum absolute atomic E-state index is 0.141. The summed E-state index contributed by atoms with van der Waals surface area (Å²) in [6.07, 6.45) is 2.68. The van der Waals surface area contributed by atoms with Crippen LogP contribution in [0.15, 0.2) is 41.3 Å². The molecule has 5 nitrogen and oxygen atoms in total. The van der Waals surface area contributed by atoms with E-state index in [1.165, 1.54) is 12.1 Å². The molecule has 2 N–H and O–H groups in total. The number of hydrogen-bond donors (Lipinski definition) is 2. The van der Waals surface area contributed by atoms with Crippen LogP contribution in [0.2, 0.25) is 5.02 Å². The third kappa shape index (κ3) is 4.99. The molecule has 0 bridgehead atoms. The van der Waals surface area contributed by atoms with E-state index < -0.39 is 33.1 Å². The zero-order valence-electron chi connectivity index (χ0n) is 16.6. The number of carbonyl (C=O) groups excluding carboxylic acids is 1. The molecule has 0 unspecified atom stereocenters. The number of benzene rings is 2. The Hall–Kier alpha value is -2.03. The van der Waals surface area contributed by atoms with Gasteiger partial charge in [0.15, 0.2) is 0 Å². The molecule has 1 amide bonds. The molecule has 30 heavy (non-hydrogen) atoms. The molecule has 0 saturated heterocycles. The Labute approximate surface area is 179 Å². The van der Waals surface area contributed by atoms with Crippen molar-refractivity contribution < 1.29 is 22.0 Å². The summed E-state index contributed by atoms with van der Waals surface area (Å²) < 4.78 is 56.6. The van der Waals surface area contributed by atoms with Crippen LogP contribution in [0.1, 0.15) is 43.5 Å². The standard InChI is InChI=1S/C21H23ClF2N2O3S/c1-12-4-3-5-19(13(12)2)26-30(28,29)15-7-8-17(23)16(11-15)21(27)25-20-9-6-14(22)10-18(20)24/h6-13,19,26H,3-5H2,1-2H3,(H,25,27)/t12-,13-,19-/m1/s1. The molecule has 1 aliphatic rings. The molecule has 1 saturated carbocycles. The maximum Gasteiger partial charge on any atom is 0.258 e. The largest absolute Gasteiger partial charge is 0.319 e. The molecule has 2 aromatic rings. The molecule has 0 aliphatic heterocycles. The first-order chi connectivity index (χ1) is 14.1. The average Bonchev–Trinajstić information content (AvgIpc) is 2.67. The molecule has 9 heteroatoms. The van der Waals surface area contributed by atoms with Gasteiger partial charge >= 0.3 is 0 Å². The van der Waals surface area contributed by atoms with Crippen LogP contribution in [-0.4, -0.2) is 20.4 Å². The second-order valence-corrected chi connectivity index (χ2v) is 9.87. The Morgan fingerprint density at radius 3 is 2.50 bits per heavy atom. The maximum absolute atomic E-state index is 14.3. The van der Waals surface area contributed by atoms with Gasteiger partial charge < -0.3 is 5.32 Å². The van der Waals surface area contributed by atoms with Crippen LogP contribution in [0.5, 0.6) is 0 Å². The number of amides is 1. The topological polar surface area (TPSA) is 75.3 Å². The molecule has 0 aromatic heterocycles. The van der Waals surface area contributed by atoms with E-state index in [9.17, 15) is 22.0 Å². The quantitative estimate of drug-likeness (QED) is 0.666. The van der Waals surface area contributed by atoms with E-state index in [0.29, 0.717) is 5.92 Å². The van der Waals surface area contributed by atoms with Gasteiger partial charge in [-0.2, -0.15) is 0 Å². The Morgan fingerprint density at radius 2 is 1.80 bits per heavy atom. The lowest BCUT2D eigenvalue weighted by molar-refractivity contribution is 0.102. The van der Waals surface area contributed by atoms with E-state index in [1.54, 1.807) is 0 Å². The van der Waals surface area contributed by atoms with Gasteiger partial charge in [-0.3, -0.25) is 4.79 Å². The predicted molar refractivity (Wildman–Crippen MR) is 112 cm³/mol. The number of anilines is 1. The maximum atomic E-state index is 14.3. The van der Waals surface area contributed by atoms with Crippen molar-refractivity contribution in [1.82, 2.24) is 4.72 Å². The lowest BCUT2D eigenvalue weighted by Gasteiger charge is -2.34. The van der Waals surface area contributed by atoms with Crippen LogP contribution in [0.4, 0.5) is 14.5 Å². The summed E-state index contributed by atoms with van der Waals surface area (Å²) in [5, 5.41) is 2.38. The van der Waals surface area contributed by atoms with Crippen LogP contribution >= 0.6 is 11.6 Å². The minimum atomic E-state index is -3.96. The Kier molecular flexibility index (Phi) is 6.79. The van der Waals surface area contributed by atoms with E-state index in [-0.39, 0.29) is 27.6 Å². The summed E-state index contributed by atoms with van der Waals surface area (Å²) >= 11 is 5.68. The summed E-state index contributed by atoms with van der Waals surface area (Å²) in [5.41, 5.74) is -0.697. The molecule has 1 aliphatic carbocycles. The third-order valence-corrected chi connectivity index (χ3v) is 7.41. The molecule has 0 heterocycles. The summed E-state index contributed by atoms with van der Waals surface area (Å²) in [6, 6.07) is 6.35. The SMILES string of the molecule is C[C@@H]1[C@H](C)CCC[C@H]1NS(=O)(=O)c1ccc(F)c(C(=O)Nc2ccc(Cl)cc2F)c1. The van der Waals surface area contributed by atoms with E-state index >= 15 is 0 Å². The van der Waals surface area contributed by atoms with E-state index in [4.69, 9.17) is 11.6 Å². The second-order valence-electron chi connectivity index (χ2n) is 7.72. The van der Waals surface area contributed by atoms with Crippen LogP contribution in [0.3, 0.4) is 0 Å². The predicted octanol–water partition coefficient (Wildman–Crippen LogP) is 4.97. The fourth-order valence-corrected chi connectivity index (χ4v) is 5.19. The highest BCUT2D eigenvalue weighted by atomic mass is 35.5. The van der Waals surface area contributed by atoms with Crippen LogP contribution < -0.4 is 10.0 Å². The van der Waals surface area contributed by atoms with Crippen molar-refractivity contribution in [2.45, 2.75) is 44.0 Å². The normalized spacial score (nSPS) is 22.0. The first-order valence-corrected chi connectivity index (χ1v) is 11.5. The molecule has 3 rings (SSSR count). The summed E-state index contributed by atoms with van der Waals surface area (Å²) in [6.45, 7) is 4.09. The summed E-state index contributed by atoms with van der Waals surface area (Å²) in [4.78, 5) is 12.2. The van der Waals surface area contributed by atoms with Crippen molar-refractivity contribution in [3.8, 4) is 0 Å². The van der Waals surface area contributed by atoms with Gasteiger partial charge in [-0.15, -0.1) is 0 Å². The molecule has 162 valence electrons. The lowest BCUT2D eigenvalue weighted by atomic mass is 9.78. The second kappa shape index (κ2) is 8.99. The van der Waals surface area contributed by atoms with Crippen molar-refractivity contribution in [3.63, 3.8) is 0 Å². The third-order valence-electron chi connectivity index (χ3n) is 5.69. The Balaban J connectivity index is 1.84. The minimum Gasteiger partial charge on any atom is -0.319 e. The van der Waals surface area contributed by atoms with Crippen molar-refractivity contribution >= 4 is 33.2 Å². The van der Waals surface area contributed by atoms with Gasteiger partial charge in [0, 0.05) is 11.1 Å². The van der Waals surface area contributed by atoms with Gasteiger partial charge in [-0.1, -0.05) is 38.3 Å². The summed E-state index contributed by atoms with van der Waals surface area (Å²) in [7, 11) is -3.96. The zero-order valence-corrected chi connectivity index (χ0v) is 18.2. The van der Waals surface area contributed by atoms with Crippen LogP contribution in [0, 0.1) is 23.5 Å². The number of rotatable bonds is 5. The number of nitrogens with one attached hydrogen (secondary N) is 2. The lowest BCUT2D eigenvalue weighted by Crippen LogP contribution is -2.43.